The predicted molar refractivity (Wildman–Crippen MR) is 72.5 cm³/mol. The summed E-state index contributed by atoms with van der Waals surface area (Å²) >= 11 is 0. The third kappa shape index (κ3) is 2.94. The van der Waals surface area contributed by atoms with Crippen molar-refractivity contribution in [1.29, 1.82) is 0 Å². The van der Waals surface area contributed by atoms with Crippen LogP contribution >= 0.6 is 0 Å². The van der Waals surface area contributed by atoms with Crippen molar-refractivity contribution in [2.24, 2.45) is 0 Å². The Morgan fingerprint density at radius 3 is 2.63 bits per heavy atom. The molecule has 6 nitrogen and oxygen atoms in total. The van der Waals surface area contributed by atoms with Gasteiger partial charge in [0.15, 0.2) is 0 Å². The summed E-state index contributed by atoms with van der Waals surface area (Å²) in [6, 6.07) is 9.30. The standard InChI is InChI=1S/C12H13N3O3S/c1-18-9-5-6-11(10(13)8-9)19(16,17)15-12-4-2-3-7-14-12/h2-8H,13H2,1H3,(H,14,15). The van der Waals surface area contributed by atoms with E-state index < -0.39 is 10.0 Å². The van der Waals surface area contributed by atoms with Gasteiger partial charge in [-0.1, -0.05) is 6.07 Å². The SMILES string of the molecule is COc1ccc(S(=O)(=O)Nc2ccccn2)c(N)c1. The van der Waals surface area contributed by atoms with Crippen molar-refractivity contribution in [3.63, 3.8) is 0 Å². The Morgan fingerprint density at radius 1 is 1.26 bits per heavy atom. The molecule has 1 heterocycles. The third-order valence-corrected chi connectivity index (χ3v) is 3.84. The van der Waals surface area contributed by atoms with Crippen LogP contribution in [0.2, 0.25) is 0 Å². The summed E-state index contributed by atoms with van der Waals surface area (Å²) < 4.78 is 31.6. The highest BCUT2D eigenvalue weighted by Crippen LogP contribution is 2.25. The molecule has 0 atom stereocenters. The maximum absolute atomic E-state index is 12.2. The number of benzene rings is 1. The van der Waals surface area contributed by atoms with Crippen molar-refractivity contribution in [3.05, 3.63) is 42.6 Å². The molecule has 100 valence electrons. The molecule has 1 aromatic heterocycles. The van der Waals surface area contributed by atoms with Crippen LogP contribution in [0.15, 0.2) is 47.5 Å². The number of aromatic nitrogens is 1. The molecule has 0 fully saturated rings. The lowest BCUT2D eigenvalue weighted by molar-refractivity contribution is 0.414. The van der Waals surface area contributed by atoms with E-state index in [9.17, 15) is 8.42 Å². The normalized spacial score (nSPS) is 11.0. The number of pyridine rings is 1. The molecule has 0 amide bonds. The number of ether oxygens (including phenoxy) is 1. The molecule has 2 rings (SSSR count). The summed E-state index contributed by atoms with van der Waals surface area (Å²) in [7, 11) is -2.28. The fraction of sp³-hybridized carbons (Fsp3) is 0.0833. The monoisotopic (exact) mass is 279 g/mol. The second-order valence-electron chi connectivity index (χ2n) is 3.72. The molecular formula is C12H13N3O3S. The van der Waals surface area contributed by atoms with Gasteiger partial charge < -0.3 is 10.5 Å². The molecule has 19 heavy (non-hydrogen) atoms. The zero-order valence-corrected chi connectivity index (χ0v) is 11.0. The Kier molecular flexibility index (Phi) is 3.57. The van der Waals surface area contributed by atoms with Crippen LogP contribution in [0.25, 0.3) is 0 Å². The molecule has 0 aliphatic carbocycles. The first-order valence-electron chi connectivity index (χ1n) is 5.40. The average Bonchev–Trinajstić information content (AvgIpc) is 2.38. The molecular weight excluding hydrogens is 266 g/mol. The van der Waals surface area contributed by atoms with Gasteiger partial charge in [-0.25, -0.2) is 13.4 Å². The van der Waals surface area contributed by atoms with E-state index >= 15 is 0 Å². The van der Waals surface area contributed by atoms with E-state index in [0.29, 0.717) is 5.75 Å². The van der Waals surface area contributed by atoms with Crippen LogP contribution < -0.4 is 15.2 Å². The van der Waals surface area contributed by atoms with Crippen LogP contribution in [-0.2, 0) is 10.0 Å². The first kappa shape index (κ1) is 13.2. The minimum atomic E-state index is -3.76. The van der Waals surface area contributed by atoms with Crippen molar-refractivity contribution in [1.82, 2.24) is 4.98 Å². The fourth-order valence-electron chi connectivity index (χ4n) is 1.51. The lowest BCUT2D eigenvalue weighted by Gasteiger charge is -2.10. The fourth-order valence-corrected chi connectivity index (χ4v) is 2.64. The summed E-state index contributed by atoms with van der Waals surface area (Å²) in [5, 5.41) is 0. The number of nitrogens with one attached hydrogen (secondary N) is 1. The van der Waals surface area contributed by atoms with Crippen LogP contribution in [-0.4, -0.2) is 20.5 Å². The van der Waals surface area contributed by atoms with E-state index in [1.807, 2.05) is 0 Å². The number of methoxy groups -OCH3 is 1. The Bertz CT molecular complexity index is 672. The molecule has 0 spiro atoms. The number of nitrogens with two attached hydrogens (primary N) is 1. The van der Waals surface area contributed by atoms with Gasteiger partial charge in [-0.2, -0.15) is 0 Å². The molecule has 0 bridgehead atoms. The van der Waals surface area contributed by atoms with E-state index in [-0.39, 0.29) is 16.4 Å². The number of anilines is 2. The number of nitrogens with zero attached hydrogens (tertiary/aromatic N) is 1. The van der Waals surface area contributed by atoms with Crippen molar-refractivity contribution in [2.45, 2.75) is 4.90 Å². The van der Waals surface area contributed by atoms with Gasteiger partial charge in [0.25, 0.3) is 10.0 Å². The van der Waals surface area contributed by atoms with Gasteiger partial charge >= 0.3 is 0 Å². The van der Waals surface area contributed by atoms with Crippen LogP contribution in [0.5, 0.6) is 5.75 Å². The van der Waals surface area contributed by atoms with Crippen LogP contribution in [0.1, 0.15) is 0 Å². The van der Waals surface area contributed by atoms with Gasteiger partial charge in [-0.15, -0.1) is 0 Å². The van der Waals surface area contributed by atoms with Crippen LogP contribution in [0.4, 0.5) is 11.5 Å². The van der Waals surface area contributed by atoms with E-state index in [1.165, 1.54) is 31.5 Å². The number of hydrogen-bond donors (Lipinski definition) is 2. The Hall–Kier alpha value is -2.28. The minimum absolute atomic E-state index is 0.0149. The topological polar surface area (TPSA) is 94.3 Å². The number of nitrogen functional groups attached to an aromatic ring is 1. The highest BCUT2D eigenvalue weighted by atomic mass is 32.2. The minimum Gasteiger partial charge on any atom is -0.497 e. The summed E-state index contributed by atoms with van der Waals surface area (Å²) in [6.45, 7) is 0. The van der Waals surface area contributed by atoms with Gasteiger partial charge in [0.1, 0.15) is 16.5 Å². The molecule has 0 saturated carbocycles. The highest BCUT2D eigenvalue weighted by molar-refractivity contribution is 7.92. The molecule has 0 unspecified atom stereocenters. The summed E-state index contributed by atoms with van der Waals surface area (Å²) in [4.78, 5) is 3.88. The maximum atomic E-state index is 12.2. The zero-order chi connectivity index (χ0) is 13.9. The Balaban J connectivity index is 2.35. The first-order chi connectivity index (χ1) is 9.03. The summed E-state index contributed by atoms with van der Waals surface area (Å²) in [5.41, 5.74) is 5.83. The number of rotatable bonds is 4. The smallest absolute Gasteiger partial charge is 0.265 e. The number of hydrogen-bond acceptors (Lipinski definition) is 5. The second kappa shape index (κ2) is 5.15. The van der Waals surface area contributed by atoms with Gasteiger partial charge in [-0.3, -0.25) is 4.72 Å². The van der Waals surface area contributed by atoms with E-state index in [4.69, 9.17) is 10.5 Å². The molecule has 0 aliphatic rings. The molecule has 2 aromatic rings. The van der Waals surface area contributed by atoms with E-state index in [2.05, 4.69) is 9.71 Å². The lowest BCUT2D eigenvalue weighted by Crippen LogP contribution is -2.15. The maximum Gasteiger partial charge on any atom is 0.265 e. The van der Waals surface area contributed by atoms with Crippen LogP contribution in [0, 0.1) is 0 Å². The zero-order valence-electron chi connectivity index (χ0n) is 10.2. The van der Waals surface area contributed by atoms with Crippen LogP contribution in [0.3, 0.4) is 0 Å². The molecule has 0 saturated heterocycles. The highest BCUT2D eigenvalue weighted by Gasteiger charge is 2.18. The van der Waals surface area contributed by atoms with Crippen molar-refractivity contribution in [2.75, 3.05) is 17.6 Å². The van der Waals surface area contributed by atoms with E-state index in [0.717, 1.165) is 0 Å². The molecule has 1 aromatic carbocycles. The summed E-state index contributed by atoms with van der Waals surface area (Å²) in [5.74, 6) is 0.729. The molecule has 0 aliphatic heterocycles. The van der Waals surface area contributed by atoms with E-state index in [1.54, 1.807) is 18.2 Å². The Morgan fingerprint density at radius 2 is 2.05 bits per heavy atom. The molecule has 0 radical (unpaired) electrons. The van der Waals surface area contributed by atoms with Gasteiger partial charge in [-0.05, 0) is 24.3 Å². The Labute approximate surface area is 111 Å². The quantitative estimate of drug-likeness (QED) is 0.826. The van der Waals surface area contributed by atoms with Gasteiger partial charge in [0, 0.05) is 12.3 Å². The number of sulfonamides is 1. The largest absolute Gasteiger partial charge is 0.497 e. The van der Waals surface area contributed by atoms with Crippen molar-refractivity contribution in [3.8, 4) is 5.75 Å². The predicted octanol–water partition coefficient (Wildman–Crippen LogP) is 1.47. The lowest BCUT2D eigenvalue weighted by atomic mass is 10.3. The second-order valence-corrected chi connectivity index (χ2v) is 5.38. The van der Waals surface area contributed by atoms with Crippen molar-refractivity contribution >= 4 is 21.5 Å². The average molecular weight is 279 g/mol. The molecule has 3 N–H and O–H groups in total. The third-order valence-electron chi connectivity index (χ3n) is 2.41. The van der Waals surface area contributed by atoms with Gasteiger partial charge in [0.2, 0.25) is 0 Å². The summed E-state index contributed by atoms with van der Waals surface area (Å²) in [6.07, 6.45) is 1.50. The van der Waals surface area contributed by atoms with Gasteiger partial charge in [0.05, 0.1) is 12.8 Å². The first-order valence-corrected chi connectivity index (χ1v) is 6.88. The molecule has 7 heteroatoms. The van der Waals surface area contributed by atoms with Crippen molar-refractivity contribution < 1.29 is 13.2 Å².